The van der Waals surface area contributed by atoms with Gasteiger partial charge in [0.05, 0.1) is 7.11 Å². The van der Waals surface area contributed by atoms with E-state index in [1.54, 1.807) is 18.9 Å². The number of rotatable bonds is 6. The molecule has 0 amide bonds. The molecule has 0 radical (unpaired) electrons. The van der Waals surface area contributed by atoms with Gasteiger partial charge in [-0.15, -0.1) is 11.8 Å². The monoisotopic (exact) mass is 254 g/mol. The fraction of sp³-hybridized carbons (Fsp3) is 0.538. The third-order valence-corrected chi connectivity index (χ3v) is 3.43. The third kappa shape index (κ3) is 4.22. The predicted molar refractivity (Wildman–Crippen MR) is 74.8 cm³/mol. The Bertz CT molecular complexity index is 355. The number of nitrogens with two attached hydrogens (primary N) is 1. The van der Waals surface area contributed by atoms with Gasteiger partial charge in [-0.2, -0.15) is 0 Å². The Kier molecular flexibility index (Phi) is 5.82. The maximum absolute atomic E-state index is 5.73. The SMILES string of the molecule is COc1cc(C(C)NCC(C)N)ccc1SC. The maximum atomic E-state index is 5.73. The standard InChI is InChI=1S/C13H22N2OS/c1-9(14)8-15-10(2)11-5-6-13(17-4)12(7-11)16-3/h5-7,9-10,15H,8,14H2,1-4H3. The van der Waals surface area contributed by atoms with Crippen LogP contribution in [-0.2, 0) is 0 Å². The summed E-state index contributed by atoms with van der Waals surface area (Å²) in [6, 6.07) is 6.77. The molecule has 4 heteroatoms. The van der Waals surface area contributed by atoms with Gasteiger partial charge < -0.3 is 15.8 Å². The minimum absolute atomic E-state index is 0.171. The molecule has 0 aromatic heterocycles. The lowest BCUT2D eigenvalue weighted by atomic mass is 10.1. The van der Waals surface area contributed by atoms with E-state index in [4.69, 9.17) is 10.5 Å². The number of nitrogens with one attached hydrogen (secondary N) is 1. The van der Waals surface area contributed by atoms with Crippen molar-refractivity contribution in [1.29, 1.82) is 0 Å². The van der Waals surface area contributed by atoms with Crippen molar-refractivity contribution in [2.45, 2.75) is 30.8 Å². The predicted octanol–water partition coefficient (Wildman–Crippen LogP) is 2.41. The van der Waals surface area contributed by atoms with Gasteiger partial charge in [-0.25, -0.2) is 0 Å². The van der Waals surface area contributed by atoms with Crippen LogP contribution in [0.25, 0.3) is 0 Å². The largest absolute Gasteiger partial charge is 0.496 e. The first-order chi connectivity index (χ1) is 8.08. The quantitative estimate of drug-likeness (QED) is 0.765. The second kappa shape index (κ2) is 6.89. The first kappa shape index (κ1) is 14.4. The zero-order chi connectivity index (χ0) is 12.8. The highest BCUT2D eigenvalue weighted by molar-refractivity contribution is 7.98. The van der Waals surface area contributed by atoms with Crippen LogP contribution in [0.2, 0.25) is 0 Å². The van der Waals surface area contributed by atoms with Gasteiger partial charge in [-0.1, -0.05) is 6.07 Å². The minimum atomic E-state index is 0.171. The molecule has 0 aliphatic heterocycles. The molecule has 0 saturated heterocycles. The van der Waals surface area contributed by atoms with E-state index in [9.17, 15) is 0 Å². The maximum Gasteiger partial charge on any atom is 0.132 e. The molecule has 0 spiro atoms. The molecule has 0 aliphatic rings. The van der Waals surface area contributed by atoms with Crippen LogP contribution in [0, 0.1) is 0 Å². The van der Waals surface area contributed by atoms with Gasteiger partial charge in [0.1, 0.15) is 5.75 Å². The van der Waals surface area contributed by atoms with E-state index in [0.29, 0.717) is 0 Å². The van der Waals surface area contributed by atoms with Gasteiger partial charge in [0.15, 0.2) is 0 Å². The molecule has 2 atom stereocenters. The summed E-state index contributed by atoms with van der Waals surface area (Å²) in [5.41, 5.74) is 6.95. The molecule has 3 N–H and O–H groups in total. The van der Waals surface area contributed by atoms with Gasteiger partial charge in [0, 0.05) is 23.5 Å². The number of benzene rings is 1. The highest BCUT2D eigenvalue weighted by Crippen LogP contribution is 2.30. The van der Waals surface area contributed by atoms with Crippen molar-refractivity contribution >= 4 is 11.8 Å². The van der Waals surface area contributed by atoms with E-state index in [0.717, 1.165) is 17.2 Å². The van der Waals surface area contributed by atoms with Crippen LogP contribution in [0.1, 0.15) is 25.5 Å². The number of hydrogen-bond acceptors (Lipinski definition) is 4. The minimum Gasteiger partial charge on any atom is -0.496 e. The van der Waals surface area contributed by atoms with Gasteiger partial charge in [0.25, 0.3) is 0 Å². The second-order valence-corrected chi connectivity index (χ2v) is 5.07. The van der Waals surface area contributed by atoms with Crippen molar-refractivity contribution in [2.75, 3.05) is 19.9 Å². The molecule has 1 aromatic carbocycles. The summed E-state index contributed by atoms with van der Waals surface area (Å²) < 4.78 is 5.38. The van der Waals surface area contributed by atoms with Crippen molar-refractivity contribution in [3.8, 4) is 5.75 Å². The van der Waals surface area contributed by atoms with Crippen LogP contribution in [0.5, 0.6) is 5.75 Å². The molecule has 2 unspecified atom stereocenters. The van der Waals surface area contributed by atoms with E-state index in [1.807, 2.05) is 6.92 Å². The van der Waals surface area contributed by atoms with Crippen molar-refractivity contribution in [1.82, 2.24) is 5.32 Å². The van der Waals surface area contributed by atoms with Crippen LogP contribution in [0.15, 0.2) is 23.1 Å². The highest BCUT2D eigenvalue weighted by Gasteiger charge is 2.09. The highest BCUT2D eigenvalue weighted by atomic mass is 32.2. The van der Waals surface area contributed by atoms with Crippen LogP contribution in [0.3, 0.4) is 0 Å². The van der Waals surface area contributed by atoms with E-state index in [1.165, 1.54) is 5.56 Å². The Morgan fingerprint density at radius 1 is 1.41 bits per heavy atom. The summed E-state index contributed by atoms with van der Waals surface area (Å²) >= 11 is 1.69. The number of thioether (sulfide) groups is 1. The topological polar surface area (TPSA) is 47.3 Å². The Morgan fingerprint density at radius 2 is 2.12 bits per heavy atom. The second-order valence-electron chi connectivity index (χ2n) is 4.22. The van der Waals surface area contributed by atoms with E-state index in [2.05, 4.69) is 36.7 Å². The lowest BCUT2D eigenvalue weighted by molar-refractivity contribution is 0.403. The van der Waals surface area contributed by atoms with E-state index < -0.39 is 0 Å². The Balaban J connectivity index is 2.77. The number of ether oxygens (including phenoxy) is 1. The average Bonchev–Trinajstić information content (AvgIpc) is 2.34. The molecule has 0 saturated carbocycles. The summed E-state index contributed by atoms with van der Waals surface area (Å²) in [7, 11) is 1.71. The Morgan fingerprint density at radius 3 is 2.65 bits per heavy atom. The lowest BCUT2D eigenvalue weighted by Gasteiger charge is -2.17. The van der Waals surface area contributed by atoms with Crippen molar-refractivity contribution in [3.05, 3.63) is 23.8 Å². The first-order valence-corrected chi connectivity index (χ1v) is 7.01. The summed E-state index contributed by atoms with van der Waals surface area (Å²) in [5, 5.41) is 3.40. The van der Waals surface area contributed by atoms with E-state index >= 15 is 0 Å². The molecule has 0 fully saturated rings. The molecule has 0 aliphatic carbocycles. The number of methoxy groups -OCH3 is 1. The van der Waals surface area contributed by atoms with Gasteiger partial charge in [-0.3, -0.25) is 0 Å². The Labute approximate surface area is 108 Å². The fourth-order valence-corrected chi connectivity index (χ4v) is 2.15. The molecular weight excluding hydrogens is 232 g/mol. The molecule has 1 rings (SSSR count). The molecule has 3 nitrogen and oxygen atoms in total. The lowest BCUT2D eigenvalue weighted by Crippen LogP contribution is -2.32. The molecular formula is C13H22N2OS. The van der Waals surface area contributed by atoms with Gasteiger partial charge >= 0.3 is 0 Å². The molecule has 17 heavy (non-hydrogen) atoms. The normalized spacial score (nSPS) is 14.4. The molecule has 96 valence electrons. The summed E-state index contributed by atoms with van der Waals surface area (Å²) in [4.78, 5) is 1.16. The fourth-order valence-electron chi connectivity index (χ4n) is 1.60. The van der Waals surface area contributed by atoms with Crippen molar-refractivity contribution < 1.29 is 4.74 Å². The summed E-state index contributed by atoms with van der Waals surface area (Å²) in [5.74, 6) is 0.935. The zero-order valence-corrected chi connectivity index (χ0v) is 11.8. The number of hydrogen-bond donors (Lipinski definition) is 2. The molecule has 0 heterocycles. The van der Waals surface area contributed by atoms with Gasteiger partial charge in [0.2, 0.25) is 0 Å². The van der Waals surface area contributed by atoms with Crippen LogP contribution in [-0.4, -0.2) is 26.0 Å². The third-order valence-electron chi connectivity index (χ3n) is 2.65. The van der Waals surface area contributed by atoms with Gasteiger partial charge in [-0.05, 0) is 37.8 Å². The first-order valence-electron chi connectivity index (χ1n) is 5.79. The van der Waals surface area contributed by atoms with Crippen molar-refractivity contribution in [3.63, 3.8) is 0 Å². The van der Waals surface area contributed by atoms with Crippen LogP contribution >= 0.6 is 11.8 Å². The van der Waals surface area contributed by atoms with Crippen LogP contribution in [0.4, 0.5) is 0 Å². The van der Waals surface area contributed by atoms with Crippen LogP contribution < -0.4 is 15.8 Å². The smallest absolute Gasteiger partial charge is 0.132 e. The van der Waals surface area contributed by atoms with E-state index in [-0.39, 0.29) is 12.1 Å². The molecule has 0 bridgehead atoms. The average molecular weight is 254 g/mol. The summed E-state index contributed by atoms with van der Waals surface area (Å²) in [6.45, 7) is 4.95. The zero-order valence-electron chi connectivity index (χ0n) is 11.0. The summed E-state index contributed by atoms with van der Waals surface area (Å²) in [6.07, 6.45) is 2.05. The van der Waals surface area contributed by atoms with Crippen molar-refractivity contribution in [2.24, 2.45) is 5.73 Å². The molecule has 1 aromatic rings. The Hall–Kier alpha value is -0.710.